The number of phenolic OH excluding ortho intramolecular Hbond substituents is 1. The molecule has 3 rings (SSSR count). The molecule has 18 heavy (non-hydrogen) atoms. The zero-order valence-corrected chi connectivity index (χ0v) is 12.2. The molecule has 0 saturated carbocycles. The van der Waals surface area contributed by atoms with Crippen molar-refractivity contribution in [1.29, 1.82) is 0 Å². The second kappa shape index (κ2) is 5.51. The van der Waals surface area contributed by atoms with Crippen LogP contribution in [0, 0.1) is 0 Å². The number of aromatic hydroxyl groups is 1. The van der Waals surface area contributed by atoms with Gasteiger partial charge in [0, 0.05) is 11.3 Å². The third kappa shape index (κ3) is 2.51. The minimum absolute atomic E-state index is 0. The summed E-state index contributed by atoms with van der Waals surface area (Å²) < 4.78 is 6.72. The minimum atomic E-state index is 0. The Labute approximate surface area is 120 Å². The monoisotopic (exact) mass is 331 g/mol. The van der Waals surface area contributed by atoms with Crippen molar-refractivity contribution < 1.29 is 9.52 Å². The third-order valence-corrected chi connectivity index (χ3v) is 3.91. The molecule has 2 aromatic rings. The SMILES string of the molecule is Cl.Oc1cc(Br)c2oc(C3CCNCC3)cc2c1. The number of fused-ring (bicyclic) bond motifs is 1. The minimum Gasteiger partial charge on any atom is -0.508 e. The molecule has 0 radical (unpaired) electrons. The molecule has 1 saturated heterocycles. The summed E-state index contributed by atoms with van der Waals surface area (Å²) in [5.41, 5.74) is 0.830. The summed E-state index contributed by atoms with van der Waals surface area (Å²) in [5, 5.41) is 13.9. The highest BCUT2D eigenvalue weighted by atomic mass is 79.9. The van der Waals surface area contributed by atoms with E-state index in [-0.39, 0.29) is 18.2 Å². The van der Waals surface area contributed by atoms with Crippen molar-refractivity contribution >= 4 is 39.3 Å². The molecule has 3 nitrogen and oxygen atoms in total. The standard InChI is InChI=1S/C13H14BrNO2.ClH/c14-11-7-10(16)5-9-6-12(17-13(9)11)8-1-3-15-4-2-8;/h5-8,15-16H,1-4H2;1H. The lowest BCUT2D eigenvalue weighted by molar-refractivity contribution is 0.397. The number of rotatable bonds is 1. The van der Waals surface area contributed by atoms with Crippen molar-refractivity contribution in [2.75, 3.05) is 13.1 Å². The molecule has 0 aliphatic carbocycles. The summed E-state index contributed by atoms with van der Waals surface area (Å²) in [6.07, 6.45) is 2.23. The maximum absolute atomic E-state index is 9.55. The topological polar surface area (TPSA) is 45.4 Å². The molecule has 1 aromatic heterocycles. The first-order valence-electron chi connectivity index (χ1n) is 5.87. The van der Waals surface area contributed by atoms with E-state index in [9.17, 15) is 5.11 Å². The second-order valence-corrected chi connectivity index (χ2v) is 5.37. The van der Waals surface area contributed by atoms with Crippen LogP contribution >= 0.6 is 28.3 Å². The van der Waals surface area contributed by atoms with E-state index in [1.54, 1.807) is 12.1 Å². The van der Waals surface area contributed by atoms with Gasteiger partial charge in [0.1, 0.15) is 17.1 Å². The molecule has 1 aliphatic rings. The number of nitrogens with one attached hydrogen (secondary N) is 1. The fourth-order valence-corrected chi connectivity index (χ4v) is 2.97. The van der Waals surface area contributed by atoms with Gasteiger partial charge in [0.05, 0.1) is 4.47 Å². The van der Waals surface area contributed by atoms with Crippen LogP contribution in [0.4, 0.5) is 0 Å². The van der Waals surface area contributed by atoms with Crippen LogP contribution in [0.3, 0.4) is 0 Å². The summed E-state index contributed by atoms with van der Waals surface area (Å²) in [6, 6.07) is 5.46. The van der Waals surface area contributed by atoms with E-state index in [1.165, 1.54) is 0 Å². The van der Waals surface area contributed by atoms with Gasteiger partial charge in [-0.2, -0.15) is 0 Å². The van der Waals surface area contributed by atoms with Crippen molar-refractivity contribution in [2.24, 2.45) is 0 Å². The van der Waals surface area contributed by atoms with Crippen molar-refractivity contribution in [1.82, 2.24) is 5.32 Å². The van der Waals surface area contributed by atoms with Gasteiger partial charge in [-0.25, -0.2) is 0 Å². The van der Waals surface area contributed by atoms with Crippen molar-refractivity contribution in [2.45, 2.75) is 18.8 Å². The van der Waals surface area contributed by atoms with Gasteiger partial charge in [0.2, 0.25) is 0 Å². The molecule has 2 heterocycles. The van der Waals surface area contributed by atoms with E-state index in [0.29, 0.717) is 5.92 Å². The van der Waals surface area contributed by atoms with E-state index < -0.39 is 0 Å². The van der Waals surface area contributed by atoms with Crippen LogP contribution in [0.15, 0.2) is 27.1 Å². The molecule has 1 aliphatic heterocycles. The number of piperidine rings is 1. The highest BCUT2D eigenvalue weighted by molar-refractivity contribution is 9.10. The van der Waals surface area contributed by atoms with Crippen molar-refractivity contribution in [3.8, 4) is 5.75 Å². The Kier molecular flexibility index (Phi) is 4.20. The maximum Gasteiger partial charge on any atom is 0.148 e. The first-order chi connectivity index (χ1) is 8.24. The normalized spacial score (nSPS) is 16.7. The largest absolute Gasteiger partial charge is 0.508 e. The Morgan fingerprint density at radius 3 is 2.67 bits per heavy atom. The lowest BCUT2D eigenvalue weighted by atomic mass is 9.95. The predicted octanol–water partition coefficient (Wildman–Crippen LogP) is 3.79. The Bertz CT molecular complexity index is 549. The summed E-state index contributed by atoms with van der Waals surface area (Å²) in [4.78, 5) is 0. The molecule has 0 bridgehead atoms. The number of phenols is 1. The van der Waals surface area contributed by atoms with E-state index in [0.717, 1.165) is 47.1 Å². The second-order valence-electron chi connectivity index (χ2n) is 4.52. The Morgan fingerprint density at radius 1 is 1.22 bits per heavy atom. The molecular weight excluding hydrogens is 318 g/mol. The molecule has 2 N–H and O–H groups in total. The Balaban J connectivity index is 0.00000120. The van der Waals surface area contributed by atoms with Gasteiger partial charge < -0.3 is 14.8 Å². The molecule has 0 amide bonds. The van der Waals surface area contributed by atoms with Crippen LogP contribution in [0.5, 0.6) is 5.75 Å². The van der Waals surface area contributed by atoms with Gasteiger partial charge in [-0.1, -0.05) is 0 Å². The van der Waals surface area contributed by atoms with Crippen LogP contribution < -0.4 is 5.32 Å². The van der Waals surface area contributed by atoms with Crippen LogP contribution in [-0.2, 0) is 0 Å². The number of halogens is 2. The lowest BCUT2D eigenvalue weighted by Gasteiger charge is -2.20. The fraction of sp³-hybridized carbons (Fsp3) is 0.385. The average molecular weight is 333 g/mol. The highest BCUT2D eigenvalue weighted by Crippen LogP contribution is 2.35. The third-order valence-electron chi connectivity index (χ3n) is 3.32. The van der Waals surface area contributed by atoms with E-state index in [4.69, 9.17) is 4.42 Å². The molecule has 0 spiro atoms. The molecule has 0 atom stereocenters. The van der Waals surface area contributed by atoms with Gasteiger partial charge in [0.25, 0.3) is 0 Å². The summed E-state index contributed by atoms with van der Waals surface area (Å²) in [6.45, 7) is 2.10. The quantitative estimate of drug-likeness (QED) is 0.835. The van der Waals surface area contributed by atoms with Gasteiger partial charge in [-0.3, -0.25) is 0 Å². The van der Waals surface area contributed by atoms with E-state index >= 15 is 0 Å². The van der Waals surface area contributed by atoms with Crippen LogP contribution in [0.2, 0.25) is 0 Å². The predicted molar refractivity (Wildman–Crippen MR) is 77.7 cm³/mol. The summed E-state index contributed by atoms with van der Waals surface area (Å²) in [7, 11) is 0. The molecule has 0 unspecified atom stereocenters. The molecule has 1 fully saturated rings. The molecule has 98 valence electrons. The average Bonchev–Trinajstić information content (AvgIpc) is 2.74. The van der Waals surface area contributed by atoms with Crippen molar-refractivity contribution in [3.05, 3.63) is 28.4 Å². The molecular formula is C13H15BrClNO2. The van der Waals surface area contributed by atoms with Crippen molar-refractivity contribution in [3.63, 3.8) is 0 Å². The number of benzene rings is 1. The van der Waals surface area contributed by atoms with Crippen LogP contribution in [0.1, 0.15) is 24.5 Å². The zero-order chi connectivity index (χ0) is 11.8. The number of furan rings is 1. The summed E-state index contributed by atoms with van der Waals surface area (Å²) >= 11 is 3.42. The maximum atomic E-state index is 9.55. The van der Waals surface area contributed by atoms with Gasteiger partial charge >= 0.3 is 0 Å². The highest BCUT2D eigenvalue weighted by Gasteiger charge is 2.19. The fourth-order valence-electron chi connectivity index (χ4n) is 2.42. The smallest absolute Gasteiger partial charge is 0.148 e. The zero-order valence-electron chi connectivity index (χ0n) is 9.78. The lowest BCUT2D eigenvalue weighted by Crippen LogP contribution is -2.26. The van der Waals surface area contributed by atoms with Gasteiger partial charge in [-0.15, -0.1) is 12.4 Å². The first kappa shape index (κ1) is 13.7. The first-order valence-corrected chi connectivity index (χ1v) is 6.66. The van der Waals surface area contributed by atoms with Gasteiger partial charge in [0.15, 0.2) is 0 Å². The molecule has 5 heteroatoms. The van der Waals surface area contributed by atoms with Crippen LogP contribution in [-0.4, -0.2) is 18.2 Å². The Morgan fingerprint density at radius 2 is 1.94 bits per heavy atom. The molecule has 1 aromatic carbocycles. The Hall–Kier alpha value is -0.710. The number of hydrogen-bond donors (Lipinski definition) is 2. The van der Waals surface area contributed by atoms with Crippen LogP contribution in [0.25, 0.3) is 11.0 Å². The summed E-state index contributed by atoms with van der Waals surface area (Å²) in [5.74, 6) is 1.80. The van der Waals surface area contributed by atoms with Gasteiger partial charge in [-0.05, 0) is 60.1 Å². The van der Waals surface area contributed by atoms with E-state index in [1.807, 2.05) is 0 Å². The van der Waals surface area contributed by atoms with E-state index in [2.05, 4.69) is 27.3 Å². The number of hydrogen-bond acceptors (Lipinski definition) is 3.